The molecule has 1 aromatic carbocycles. The molecule has 30 heavy (non-hydrogen) atoms. The van der Waals surface area contributed by atoms with Crippen molar-refractivity contribution in [3.8, 4) is 5.75 Å². The Morgan fingerprint density at radius 2 is 2.00 bits per heavy atom. The van der Waals surface area contributed by atoms with Crippen molar-refractivity contribution >= 4 is 17.5 Å². The zero-order valence-corrected chi connectivity index (χ0v) is 19.2. The van der Waals surface area contributed by atoms with Gasteiger partial charge < -0.3 is 19.7 Å². The van der Waals surface area contributed by atoms with Crippen molar-refractivity contribution in [1.82, 2.24) is 9.80 Å². The summed E-state index contributed by atoms with van der Waals surface area (Å²) in [7, 11) is 3.48. The molecule has 0 aliphatic carbocycles. The fraction of sp³-hybridized carbons (Fsp3) is 0.652. The molecule has 0 spiro atoms. The quantitative estimate of drug-likeness (QED) is 0.793. The Morgan fingerprint density at radius 1 is 1.27 bits per heavy atom. The van der Waals surface area contributed by atoms with E-state index in [4.69, 9.17) is 9.47 Å². The molecule has 7 heteroatoms. The van der Waals surface area contributed by atoms with Crippen LogP contribution in [0.4, 0.5) is 5.69 Å². The lowest BCUT2D eigenvalue weighted by atomic mass is 10.0. The third-order valence-corrected chi connectivity index (χ3v) is 5.69. The number of amides is 2. The standard InChI is InChI=1S/C23H37N3O4/c1-7-11-26-13-16(3)21(29-6)14-25(5)23(28)19-12-18(24-22(27)8-2)9-10-20(19)30-15-17(26)4/h9-10,12,16-17,21H,7-8,11,13-15H2,1-6H3,(H,24,27)/t16-,17+,21-/m0/s1. The van der Waals surface area contributed by atoms with Gasteiger partial charge in [0.15, 0.2) is 0 Å². The van der Waals surface area contributed by atoms with Gasteiger partial charge in [-0.3, -0.25) is 14.5 Å². The maximum Gasteiger partial charge on any atom is 0.257 e. The lowest BCUT2D eigenvalue weighted by molar-refractivity contribution is -0.115. The Hall–Kier alpha value is -2.12. The molecule has 1 aromatic rings. The normalized spacial score (nSPS) is 23.7. The number of carbonyl (C=O) groups is 2. The molecule has 7 nitrogen and oxygen atoms in total. The van der Waals surface area contributed by atoms with Crippen LogP contribution in [0.3, 0.4) is 0 Å². The summed E-state index contributed by atoms with van der Waals surface area (Å²) in [6, 6.07) is 5.45. The van der Waals surface area contributed by atoms with Gasteiger partial charge in [-0.05, 0) is 44.0 Å². The van der Waals surface area contributed by atoms with Crippen LogP contribution in [0.2, 0.25) is 0 Å². The number of ether oxygens (including phenoxy) is 2. The van der Waals surface area contributed by atoms with Crippen LogP contribution in [0, 0.1) is 5.92 Å². The van der Waals surface area contributed by atoms with E-state index in [0.29, 0.717) is 36.6 Å². The van der Waals surface area contributed by atoms with Gasteiger partial charge in [0.05, 0.1) is 11.7 Å². The zero-order valence-electron chi connectivity index (χ0n) is 19.2. The molecule has 0 saturated carbocycles. The van der Waals surface area contributed by atoms with Gasteiger partial charge in [-0.25, -0.2) is 0 Å². The van der Waals surface area contributed by atoms with Crippen molar-refractivity contribution in [2.45, 2.75) is 52.7 Å². The van der Waals surface area contributed by atoms with Crippen molar-refractivity contribution in [2.75, 3.05) is 45.7 Å². The summed E-state index contributed by atoms with van der Waals surface area (Å²) in [5, 5.41) is 2.82. The molecule has 2 amide bonds. The minimum Gasteiger partial charge on any atom is -0.491 e. The van der Waals surface area contributed by atoms with Crippen molar-refractivity contribution in [3.05, 3.63) is 23.8 Å². The second-order valence-electron chi connectivity index (χ2n) is 8.20. The van der Waals surface area contributed by atoms with Crippen LogP contribution in [0.1, 0.15) is 50.9 Å². The molecule has 168 valence electrons. The third kappa shape index (κ3) is 6.19. The molecule has 0 unspecified atom stereocenters. The molecule has 1 aliphatic heterocycles. The number of nitrogens with zero attached hydrogens (tertiary/aromatic N) is 2. The Bertz CT molecular complexity index is 724. The van der Waals surface area contributed by atoms with Crippen LogP contribution in [0.25, 0.3) is 0 Å². The van der Waals surface area contributed by atoms with E-state index in [9.17, 15) is 9.59 Å². The van der Waals surface area contributed by atoms with Gasteiger partial charge in [0.25, 0.3) is 5.91 Å². The minimum atomic E-state index is -0.148. The van der Waals surface area contributed by atoms with E-state index < -0.39 is 0 Å². The number of methoxy groups -OCH3 is 1. The van der Waals surface area contributed by atoms with Crippen molar-refractivity contribution in [3.63, 3.8) is 0 Å². The van der Waals surface area contributed by atoms with Crippen LogP contribution >= 0.6 is 0 Å². The van der Waals surface area contributed by atoms with Gasteiger partial charge in [0.2, 0.25) is 5.91 Å². The predicted molar refractivity (Wildman–Crippen MR) is 119 cm³/mol. The van der Waals surface area contributed by atoms with Crippen LogP contribution in [-0.2, 0) is 9.53 Å². The highest BCUT2D eigenvalue weighted by Crippen LogP contribution is 2.26. The number of fused-ring (bicyclic) bond motifs is 1. The van der Waals surface area contributed by atoms with E-state index in [1.54, 1.807) is 44.2 Å². The maximum absolute atomic E-state index is 13.2. The zero-order chi connectivity index (χ0) is 22.3. The number of hydrogen-bond acceptors (Lipinski definition) is 5. The lowest BCUT2D eigenvalue weighted by Gasteiger charge is -2.35. The second-order valence-corrected chi connectivity index (χ2v) is 8.20. The first-order chi connectivity index (χ1) is 14.3. The Kier molecular flexibility index (Phi) is 9.11. The summed E-state index contributed by atoms with van der Waals surface area (Å²) < 4.78 is 11.9. The first kappa shape index (κ1) is 24.2. The number of hydrogen-bond donors (Lipinski definition) is 1. The molecular weight excluding hydrogens is 382 g/mol. The minimum absolute atomic E-state index is 0.0720. The summed E-state index contributed by atoms with van der Waals surface area (Å²) >= 11 is 0. The fourth-order valence-electron chi connectivity index (χ4n) is 3.78. The topological polar surface area (TPSA) is 71.1 Å². The van der Waals surface area contributed by atoms with E-state index in [1.165, 1.54) is 0 Å². The molecule has 1 N–H and O–H groups in total. The highest BCUT2D eigenvalue weighted by Gasteiger charge is 2.28. The van der Waals surface area contributed by atoms with Gasteiger partial charge in [-0.2, -0.15) is 0 Å². The van der Waals surface area contributed by atoms with Gasteiger partial charge in [-0.15, -0.1) is 0 Å². The lowest BCUT2D eigenvalue weighted by Crippen LogP contribution is -2.46. The monoisotopic (exact) mass is 419 g/mol. The third-order valence-electron chi connectivity index (χ3n) is 5.69. The molecule has 0 aromatic heterocycles. The summed E-state index contributed by atoms with van der Waals surface area (Å²) in [6.07, 6.45) is 1.36. The van der Waals surface area contributed by atoms with Crippen LogP contribution in [0.15, 0.2) is 18.2 Å². The van der Waals surface area contributed by atoms with Gasteiger partial charge >= 0.3 is 0 Å². The Balaban J connectivity index is 2.40. The number of rotatable bonds is 5. The van der Waals surface area contributed by atoms with Crippen molar-refractivity contribution < 1.29 is 19.1 Å². The molecule has 0 saturated heterocycles. The van der Waals surface area contributed by atoms with Gasteiger partial charge in [-0.1, -0.05) is 20.8 Å². The highest BCUT2D eigenvalue weighted by molar-refractivity contribution is 5.99. The van der Waals surface area contributed by atoms with Crippen molar-refractivity contribution in [2.24, 2.45) is 5.92 Å². The van der Waals surface area contributed by atoms with E-state index in [-0.39, 0.29) is 29.9 Å². The molecule has 3 atom stereocenters. The second kappa shape index (κ2) is 11.3. The average molecular weight is 420 g/mol. The molecule has 0 radical (unpaired) electrons. The summed E-state index contributed by atoms with van der Waals surface area (Å²) in [6.45, 7) is 11.1. The number of anilines is 1. The first-order valence-corrected chi connectivity index (χ1v) is 10.9. The molecule has 2 rings (SSSR count). The first-order valence-electron chi connectivity index (χ1n) is 10.9. The summed E-state index contributed by atoms with van der Waals surface area (Å²) in [5.41, 5.74) is 1.04. The van der Waals surface area contributed by atoms with Crippen LogP contribution in [0.5, 0.6) is 5.75 Å². The van der Waals surface area contributed by atoms with Crippen LogP contribution in [-0.4, -0.2) is 74.2 Å². The van der Waals surface area contributed by atoms with E-state index in [1.807, 2.05) is 0 Å². The largest absolute Gasteiger partial charge is 0.491 e. The Labute approximate surface area is 180 Å². The smallest absolute Gasteiger partial charge is 0.257 e. The molecule has 1 heterocycles. The maximum atomic E-state index is 13.2. The van der Waals surface area contributed by atoms with Crippen molar-refractivity contribution in [1.29, 1.82) is 0 Å². The number of likely N-dealkylation sites (N-methyl/N-ethyl adjacent to an activating group) is 1. The van der Waals surface area contributed by atoms with Gasteiger partial charge in [0, 0.05) is 45.4 Å². The molecular formula is C23H37N3O4. The van der Waals surface area contributed by atoms with Gasteiger partial charge in [0.1, 0.15) is 12.4 Å². The molecule has 0 fully saturated rings. The van der Waals surface area contributed by atoms with Crippen LogP contribution < -0.4 is 10.1 Å². The predicted octanol–water partition coefficient (Wildman–Crippen LogP) is 3.25. The summed E-state index contributed by atoms with van der Waals surface area (Å²) in [5.74, 6) is 0.549. The van der Waals surface area contributed by atoms with E-state index in [0.717, 1.165) is 19.5 Å². The Morgan fingerprint density at radius 3 is 2.63 bits per heavy atom. The fourth-order valence-corrected chi connectivity index (χ4v) is 3.78. The number of carbonyl (C=O) groups excluding carboxylic acids is 2. The number of benzene rings is 1. The highest BCUT2D eigenvalue weighted by atomic mass is 16.5. The summed E-state index contributed by atoms with van der Waals surface area (Å²) in [4.78, 5) is 29.1. The SMILES string of the molecule is CCCN1C[C@H](C)[C@@H](OC)CN(C)C(=O)c2cc(NC(=O)CC)ccc2OC[C@H]1C. The average Bonchev–Trinajstić information content (AvgIpc) is 2.74. The van der Waals surface area contributed by atoms with E-state index >= 15 is 0 Å². The molecule has 0 bridgehead atoms. The van der Waals surface area contributed by atoms with E-state index in [2.05, 4.69) is 31.0 Å². The molecule has 1 aliphatic rings. The number of nitrogens with one attached hydrogen (secondary N) is 1.